The summed E-state index contributed by atoms with van der Waals surface area (Å²) in [6.07, 6.45) is -0.923. The van der Waals surface area contributed by atoms with E-state index < -0.39 is 23.7 Å². The number of nitrogens with one attached hydrogen (secondary N) is 1. The Morgan fingerprint density at radius 3 is 2.53 bits per heavy atom. The third kappa shape index (κ3) is 3.66. The van der Waals surface area contributed by atoms with Crippen LogP contribution in [0.5, 0.6) is 0 Å². The van der Waals surface area contributed by atoms with Crippen LogP contribution in [0.25, 0.3) is 0 Å². The zero-order valence-electron chi connectivity index (χ0n) is 10.1. The molecule has 1 unspecified atom stereocenters. The summed E-state index contributed by atoms with van der Waals surface area (Å²) >= 11 is 0. The Labute approximate surface area is 99.6 Å². The number of piperidine rings is 1. The number of ether oxygens (including phenoxy) is 2. The number of hydrogen-bond donors (Lipinski definition) is 1. The highest BCUT2D eigenvalue weighted by atomic mass is 19.1. The summed E-state index contributed by atoms with van der Waals surface area (Å²) in [6, 6.07) is 0. The summed E-state index contributed by atoms with van der Waals surface area (Å²) in [7, 11) is 0. The average Bonchev–Trinajstić information content (AvgIpc) is 2.30. The summed E-state index contributed by atoms with van der Waals surface area (Å²) < 4.78 is 23.6. The molecule has 5 nitrogen and oxygen atoms in total. The Morgan fingerprint density at radius 1 is 1.41 bits per heavy atom. The highest BCUT2D eigenvalue weighted by Gasteiger charge is 2.42. The number of carbonyl (C=O) groups is 2. The van der Waals surface area contributed by atoms with Gasteiger partial charge < -0.3 is 14.8 Å². The molecule has 17 heavy (non-hydrogen) atoms. The second kappa shape index (κ2) is 5.95. The molecule has 0 saturated carbocycles. The summed E-state index contributed by atoms with van der Waals surface area (Å²) in [6.45, 7) is 4.08. The van der Waals surface area contributed by atoms with E-state index in [2.05, 4.69) is 10.1 Å². The lowest BCUT2D eigenvalue weighted by molar-refractivity contribution is -0.175. The van der Waals surface area contributed by atoms with Gasteiger partial charge in [-0.25, -0.2) is 14.0 Å². The lowest BCUT2D eigenvalue weighted by Crippen LogP contribution is -2.47. The van der Waals surface area contributed by atoms with Gasteiger partial charge in [0.1, 0.15) is 0 Å². The maximum absolute atomic E-state index is 14.1. The molecular formula is C11H18FNO4. The van der Waals surface area contributed by atoms with Gasteiger partial charge in [0, 0.05) is 12.8 Å². The average molecular weight is 247 g/mol. The maximum atomic E-state index is 14.1. The molecule has 1 saturated heterocycles. The third-order valence-electron chi connectivity index (χ3n) is 2.66. The first-order valence-corrected chi connectivity index (χ1v) is 5.77. The molecular weight excluding hydrogens is 229 g/mol. The number of carbonyl (C=O) groups excluding carboxylic acids is 2. The number of halogens is 1. The van der Waals surface area contributed by atoms with E-state index in [1.165, 1.54) is 6.92 Å². The molecule has 1 atom stereocenters. The molecule has 0 radical (unpaired) electrons. The Bertz CT molecular complexity index is 289. The number of hydrogen-bond acceptors (Lipinski definition) is 5. The predicted molar refractivity (Wildman–Crippen MR) is 58.1 cm³/mol. The Kier molecular flexibility index (Phi) is 4.86. The molecule has 0 amide bonds. The molecule has 98 valence electrons. The molecule has 0 bridgehead atoms. The van der Waals surface area contributed by atoms with Gasteiger partial charge in [-0.15, -0.1) is 0 Å². The van der Waals surface area contributed by atoms with Crippen LogP contribution in [0.3, 0.4) is 0 Å². The summed E-state index contributed by atoms with van der Waals surface area (Å²) in [5.74, 6) is -1.63. The van der Waals surface area contributed by atoms with Crippen LogP contribution in [0.15, 0.2) is 0 Å². The minimum atomic E-state index is -1.98. The van der Waals surface area contributed by atoms with Crippen molar-refractivity contribution in [3.63, 3.8) is 0 Å². The van der Waals surface area contributed by atoms with Crippen LogP contribution in [-0.4, -0.2) is 43.4 Å². The predicted octanol–water partition coefficient (Wildman–Crippen LogP) is 0.573. The van der Waals surface area contributed by atoms with Crippen molar-refractivity contribution in [3.8, 4) is 0 Å². The van der Waals surface area contributed by atoms with Crippen LogP contribution in [-0.2, 0) is 19.1 Å². The van der Waals surface area contributed by atoms with Gasteiger partial charge in [0.15, 0.2) is 6.10 Å². The second-order valence-electron chi connectivity index (χ2n) is 4.01. The van der Waals surface area contributed by atoms with Gasteiger partial charge in [-0.05, 0) is 26.9 Å². The fraction of sp³-hybridized carbons (Fsp3) is 0.818. The Hall–Kier alpha value is -1.17. The molecule has 0 aliphatic carbocycles. The van der Waals surface area contributed by atoms with Gasteiger partial charge in [0.05, 0.1) is 6.61 Å². The van der Waals surface area contributed by atoms with Gasteiger partial charge >= 0.3 is 11.9 Å². The molecule has 1 rings (SSSR count). The molecule has 0 aromatic rings. The van der Waals surface area contributed by atoms with E-state index in [0.717, 1.165) is 0 Å². The van der Waals surface area contributed by atoms with Crippen LogP contribution in [0.4, 0.5) is 4.39 Å². The van der Waals surface area contributed by atoms with Crippen molar-refractivity contribution < 1.29 is 23.5 Å². The smallest absolute Gasteiger partial charge is 0.347 e. The summed E-state index contributed by atoms with van der Waals surface area (Å²) in [5.41, 5.74) is -1.98. The van der Waals surface area contributed by atoms with Crippen molar-refractivity contribution >= 4 is 11.9 Å². The van der Waals surface area contributed by atoms with Gasteiger partial charge in [0.25, 0.3) is 0 Å². The molecule has 0 aromatic heterocycles. The van der Waals surface area contributed by atoms with Crippen LogP contribution in [0.1, 0.15) is 26.7 Å². The van der Waals surface area contributed by atoms with E-state index in [0.29, 0.717) is 13.1 Å². The number of rotatable bonds is 4. The Morgan fingerprint density at radius 2 is 2.00 bits per heavy atom. The Balaban J connectivity index is 2.50. The third-order valence-corrected chi connectivity index (χ3v) is 2.66. The largest absolute Gasteiger partial charge is 0.463 e. The van der Waals surface area contributed by atoms with Crippen molar-refractivity contribution in [2.45, 2.75) is 38.5 Å². The van der Waals surface area contributed by atoms with E-state index in [1.54, 1.807) is 6.92 Å². The highest BCUT2D eigenvalue weighted by Crippen LogP contribution is 2.25. The van der Waals surface area contributed by atoms with E-state index in [1.807, 2.05) is 0 Å². The minimum Gasteiger partial charge on any atom is -0.463 e. The minimum absolute atomic E-state index is 0.0708. The van der Waals surface area contributed by atoms with Crippen LogP contribution in [0, 0.1) is 0 Å². The molecule has 1 aliphatic heterocycles. The zero-order chi connectivity index (χ0) is 12.9. The van der Waals surface area contributed by atoms with Crippen molar-refractivity contribution in [2.75, 3.05) is 19.7 Å². The van der Waals surface area contributed by atoms with E-state index in [4.69, 9.17) is 4.74 Å². The number of esters is 2. The van der Waals surface area contributed by atoms with Crippen molar-refractivity contribution in [3.05, 3.63) is 0 Å². The van der Waals surface area contributed by atoms with Crippen molar-refractivity contribution in [1.29, 1.82) is 0 Å². The molecule has 1 heterocycles. The molecule has 0 spiro atoms. The van der Waals surface area contributed by atoms with Crippen molar-refractivity contribution in [1.82, 2.24) is 5.32 Å². The first-order chi connectivity index (χ1) is 7.99. The first-order valence-electron chi connectivity index (χ1n) is 5.77. The molecule has 6 heteroatoms. The standard InChI is InChI=1S/C11H18FNO4/c1-3-16-9(14)8(2)17-10(15)11(12)4-6-13-7-5-11/h8,13H,3-7H2,1-2H3. The number of alkyl halides is 1. The lowest BCUT2D eigenvalue weighted by Gasteiger charge is -2.28. The fourth-order valence-corrected chi connectivity index (χ4v) is 1.60. The highest BCUT2D eigenvalue weighted by molar-refractivity contribution is 5.83. The molecule has 1 aliphatic rings. The van der Waals surface area contributed by atoms with Gasteiger partial charge in [-0.3, -0.25) is 0 Å². The van der Waals surface area contributed by atoms with Crippen LogP contribution < -0.4 is 5.32 Å². The molecule has 1 N–H and O–H groups in total. The van der Waals surface area contributed by atoms with E-state index in [-0.39, 0.29) is 19.4 Å². The fourth-order valence-electron chi connectivity index (χ4n) is 1.60. The van der Waals surface area contributed by atoms with Crippen LogP contribution >= 0.6 is 0 Å². The van der Waals surface area contributed by atoms with Crippen molar-refractivity contribution in [2.24, 2.45) is 0 Å². The quantitative estimate of drug-likeness (QED) is 0.736. The van der Waals surface area contributed by atoms with Gasteiger partial charge in [-0.2, -0.15) is 0 Å². The van der Waals surface area contributed by atoms with E-state index in [9.17, 15) is 14.0 Å². The van der Waals surface area contributed by atoms with Crippen LogP contribution in [0.2, 0.25) is 0 Å². The second-order valence-corrected chi connectivity index (χ2v) is 4.01. The summed E-state index contributed by atoms with van der Waals surface area (Å²) in [5, 5.41) is 2.95. The lowest BCUT2D eigenvalue weighted by atomic mass is 9.95. The molecule has 1 fully saturated rings. The normalized spacial score (nSPS) is 20.4. The SMILES string of the molecule is CCOC(=O)C(C)OC(=O)C1(F)CCNCC1. The topological polar surface area (TPSA) is 64.6 Å². The summed E-state index contributed by atoms with van der Waals surface area (Å²) in [4.78, 5) is 22.8. The van der Waals surface area contributed by atoms with Gasteiger partial charge in [-0.1, -0.05) is 0 Å². The first kappa shape index (κ1) is 13.9. The zero-order valence-corrected chi connectivity index (χ0v) is 10.1. The van der Waals surface area contributed by atoms with E-state index >= 15 is 0 Å². The monoisotopic (exact) mass is 247 g/mol. The molecule has 0 aromatic carbocycles. The maximum Gasteiger partial charge on any atom is 0.347 e. The van der Waals surface area contributed by atoms with Gasteiger partial charge in [0.2, 0.25) is 5.67 Å².